The maximum absolute atomic E-state index is 12.4. The summed E-state index contributed by atoms with van der Waals surface area (Å²) in [5, 5.41) is 6.41. The van der Waals surface area contributed by atoms with Crippen molar-refractivity contribution < 1.29 is 27.5 Å². The highest BCUT2D eigenvalue weighted by Crippen LogP contribution is 2.28. The van der Waals surface area contributed by atoms with Gasteiger partial charge in [0.15, 0.2) is 32.0 Å². The maximum atomic E-state index is 12.4. The molecule has 0 radical (unpaired) electrons. The van der Waals surface area contributed by atoms with Crippen LogP contribution in [0.1, 0.15) is 48.6 Å². The van der Waals surface area contributed by atoms with Gasteiger partial charge in [-0.15, -0.1) is 0 Å². The number of hydrogen-bond donors (Lipinski definition) is 2. The van der Waals surface area contributed by atoms with Gasteiger partial charge in [0.25, 0.3) is 0 Å². The number of sulfone groups is 1. The molecule has 0 spiro atoms. The van der Waals surface area contributed by atoms with Gasteiger partial charge in [-0.2, -0.15) is 9.97 Å². The van der Waals surface area contributed by atoms with Gasteiger partial charge in [-0.3, -0.25) is 10.1 Å². The first-order valence-corrected chi connectivity index (χ1v) is 15.3. The van der Waals surface area contributed by atoms with Crippen LogP contribution < -0.4 is 10.6 Å². The molecule has 0 bridgehead atoms. The Bertz CT molecular complexity index is 1690. The van der Waals surface area contributed by atoms with E-state index in [0.29, 0.717) is 33.4 Å². The smallest absolute Gasteiger partial charge is 0.350 e. The predicted molar refractivity (Wildman–Crippen MR) is 154 cm³/mol. The van der Waals surface area contributed by atoms with Crippen molar-refractivity contribution in [3.63, 3.8) is 0 Å². The van der Waals surface area contributed by atoms with Crippen molar-refractivity contribution in [1.82, 2.24) is 24.5 Å². The van der Waals surface area contributed by atoms with E-state index in [1.807, 2.05) is 0 Å². The summed E-state index contributed by atoms with van der Waals surface area (Å²) in [5.41, 5.74) is 1.53. The van der Waals surface area contributed by atoms with Crippen LogP contribution in [-0.2, 0) is 30.7 Å². The Morgan fingerprint density at radius 3 is 2.44 bits per heavy atom. The molecule has 0 saturated carbocycles. The molecule has 4 aromatic rings. The molecule has 0 aliphatic heterocycles. The minimum Gasteiger partial charge on any atom is -0.462 e. The van der Waals surface area contributed by atoms with Crippen molar-refractivity contribution in [2.45, 2.75) is 51.7 Å². The summed E-state index contributed by atoms with van der Waals surface area (Å²) >= 11 is 1.11. The van der Waals surface area contributed by atoms with Crippen molar-refractivity contribution >= 4 is 61.2 Å². The third-order valence-corrected chi connectivity index (χ3v) is 7.65. The number of benzene rings is 1. The Morgan fingerprint density at radius 1 is 1.10 bits per heavy atom. The van der Waals surface area contributed by atoms with Crippen molar-refractivity contribution in [1.29, 1.82) is 0 Å². The molecule has 0 amide bonds. The van der Waals surface area contributed by atoms with Gasteiger partial charge in [-0.1, -0.05) is 23.5 Å². The van der Waals surface area contributed by atoms with Crippen LogP contribution in [0, 0.1) is 6.92 Å². The fourth-order valence-electron chi connectivity index (χ4n) is 3.74. The molecule has 0 fully saturated rings. The van der Waals surface area contributed by atoms with Gasteiger partial charge in [-0.25, -0.2) is 23.2 Å². The van der Waals surface area contributed by atoms with E-state index in [1.54, 1.807) is 69.8 Å². The number of carbonyl (C=O) groups excluding carboxylic acids is 2. The molecule has 0 aliphatic rings. The molecular formula is C26H31N7O6S2. The Hall–Kier alpha value is -4.11. The predicted octanol–water partition coefficient (Wildman–Crippen LogP) is 3.72. The van der Waals surface area contributed by atoms with Gasteiger partial charge in [0.1, 0.15) is 17.0 Å². The lowest BCUT2D eigenvalue weighted by Gasteiger charge is -2.19. The van der Waals surface area contributed by atoms with E-state index in [4.69, 9.17) is 9.47 Å². The van der Waals surface area contributed by atoms with Gasteiger partial charge >= 0.3 is 11.9 Å². The molecule has 0 unspecified atom stereocenters. The molecule has 2 N–H and O–H groups in total. The molecule has 0 atom stereocenters. The summed E-state index contributed by atoms with van der Waals surface area (Å²) in [6.45, 7) is 9.19. The molecule has 3 heterocycles. The summed E-state index contributed by atoms with van der Waals surface area (Å²) in [6.07, 6.45) is 2.74. The highest BCUT2D eigenvalue weighted by molar-refractivity contribution is 7.90. The quantitative estimate of drug-likeness (QED) is 0.253. The standard InChI is InChI=1S/C26H31N7O6S2/c1-7-38-23(35)20-15(2)29-25(40-20)32-24-30-21(27-12-18(34)39-26(3,4)5)19-22(31-24)33(14-28-19)13-16-8-10-17(11-9-16)41(6,36)37/h8-11,14H,7,12-13H2,1-6H3,(H2,27,29,30,31,32). The number of aryl methyl sites for hydroxylation is 1. The number of imidazole rings is 1. The van der Waals surface area contributed by atoms with E-state index in [1.165, 1.54) is 0 Å². The Labute approximate surface area is 241 Å². The zero-order chi connectivity index (χ0) is 29.9. The number of thiazole rings is 1. The molecule has 1 aromatic carbocycles. The van der Waals surface area contributed by atoms with E-state index >= 15 is 0 Å². The average Bonchev–Trinajstić information content (AvgIpc) is 3.44. The number of nitrogens with zero attached hydrogens (tertiary/aromatic N) is 5. The molecule has 3 aromatic heterocycles. The van der Waals surface area contributed by atoms with Gasteiger partial charge in [0, 0.05) is 6.26 Å². The highest BCUT2D eigenvalue weighted by atomic mass is 32.2. The molecule has 15 heteroatoms. The van der Waals surface area contributed by atoms with Gasteiger partial charge in [-0.05, 0) is 52.3 Å². The van der Waals surface area contributed by atoms with E-state index in [-0.39, 0.29) is 29.8 Å². The van der Waals surface area contributed by atoms with Crippen LogP contribution in [0.25, 0.3) is 11.2 Å². The lowest BCUT2D eigenvalue weighted by molar-refractivity contribution is -0.152. The second-order valence-electron chi connectivity index (χ2n) is 10.1. The SMILES string of the molecule is CCOC(=O)c1sc(Nc2nc(NCC(=O)OC(C)(C)C)c3ncn(Cc4ccc(S(C)(=O)=O)cc4)c3n2)nc1C. The van der Waals surface area contributed by atoms with Gasteiger partial charge in [0.05, 0.1) is 30.1 Å². The molecular weight excluding hydrogens is 570 g/mol. The van der Waals surface area contributed by atoms with Crippen LogP contribution in [0.2, 0.25) is 0 Å². The zero-order valence-corrected chi connectivity index (χ0v) is 25.1. The fraction of sp³-hybridized carbons (Fsp3) is 0.385. The highest BCUT2D eigenvalue weighted by Gasteiger charge is 2.21. The monoisotopic (exact) mass is 601 g/mol. The third-order valence-electron chi connectivity index (χ3n) is 5.46. The number of nitrogens with one attached hydrogen (secondary N) is 2. The van der Waals surface area contributed by atoms with Crippen LogP contribution in [0.5, 0.6) is 0 Å². The summed E-state index contributed by atoms with van der Waals surface area (Å²) in [6, 6.07) is 6.54. The third kappa shape index (κ3) is 7.55. The van der Waals surface area contributed by atoms with Crippen LogP contribution in [-0.4, -0.2) is 69.9 Å². The van der Waals surface area contributed by atoms with Crippen LogP contribution >= 0.6 is 11.3 Å². The molecule has 218 valence electrons. The van der Waals surface area contributed by atoms with Crippen LogP contribution in [0.3, 0.4) is 0 Å². The summed E-state index contributed by atoms with van der Waals surface area (Å²) < 4.78 is 35.9. The number of esters is 2. The number of anilines is 3. The van der Waals surface area contributed by atoms with E-state index in [0.717, 1.165) is 23.2 Å². The van der Waals surface area contributed by atoms with Crippen molar-refractivity contribution in [2.75, 3.05) is 30.0 Å². The normalized spacial score (nSPS) is 11.9. The fourth-order valence-corrected chi connectivity index (χ4v) is 5.23. The molecule has 41 heavy (non-hydrogen) atoms. The van der Waals surface area contributed by atoms with E-state index in [9.17, 15) is 18.0 Å². The van der Waals surface area contributed by atoms with Crippen molar-refractivity contribution in [2.24, 2.45) is 0 Å². The number of carbonyl (C=O) groups is 2. The second-order valence-corrected chi connectivity index (χ2v) is 13.1. The molecule has 13 nitrogen and oxygen atoms in total. The van der Waals surface area contributed by atoms with E-state index in [2.05, 4.69) is 30.6 Å². The van der Waals surface area contributed by atoms with Crippen LogP contribution in [0.15, 0.2) is 35.5 Å². The number of fused-ring (bicyclic) bond motifs is 1. The number of ether oxygens (including phenoxy) is 2. The lowest BCUT2D eigenvalue weighted by Crippen LogP contribution is -2.28. The largest absolute Gasteiger partial charge is 0.462 e. The van der Waals surface area contributed by atoms with Crippen molar-refractivity contribution in [3.8, 4) is 0 Å². The lowest BCUT2D eigenvalue weighted by atomic mass is 10.2. The molecule has 4 rings (SSSR count). The van der Waals surface area contributed by atoms with Crippen LogP contribution in [0.4, 0.5) is 16.9 Å². The minimum atomic E-state index is -3.32. The minimum absolute atomic E-state index is 0.155. The zero-order valence-electron chi connectivity index (χ0n) is 23.5. The topological polar surface area (TPSA) is 167 Å². The first-order valence-electron chi connectivity index (χ1n) is 12.6. The molecule has 0 aliphatic carbocycles. The second kappa shape index (κ2) is 11.8. The first-order chi connectivity index (χ1) is 19.2. The summed E-state index contributed by atoms with van der Waals surface area (Å²) in [5.74, 6) is -0.499. The number of rotatable bonds is 10. The number of hydrogen-bond acceptors (Lipinski definition) is 13. The maximum Gasteiger partial charge on any atom is 0.350 e. The van der Waals surface area contributed by atoms with E-state index < -0.39 is 27.4 Å². The average molecular weight is 602 g/mol. The Morgan fingerprint density at radius 2 is 1.80 bits per heavy atom. The van der Waals surface area contributed by atoms with Gasteiger partial charge < -0.3 is 19.4 Å². The van der Waals surface area contributed by atoms with Crippen molar-refractivity contribution in [3.05, 3.63) is 46.7 Å². The Balaban J connectivity index is 1.68. The summed E-state index contributed by atoms with van der Waals surface area (Å²) in [7, 11) is -3.32. The first kappa shape index (κ1) is 29.9. The number of aromatic nitrogens is 5. The Kier molecular flexibility index (Phi) is 8.58. The van der Waals surface area contributed by atoms with Gasteiger partial charge in [0.2, 0.25) is 5.95 Å². The molecule has 0 saturated heterocycles. The summed E-state index contributed by atoms with van der Waals surface area (Å²) in [4.78, 5) is 43.2.